The quantitative estimate of drug-likeness (QED) is 0.702. The van der Waals surface area contributed by atoms with Crippen LogP contribution in [0.2, 0.25) is 0 Å². The number of halogens is 3. The molecule has 3 aromatic rings. The molecule has 10 heteroatoms. The van der Waals surface area contributed by atoms with Crippen molar-refractivity contribution in [2.75, 3.05) is 11.9 Å². The number of nitrogens with zero attached hydrogens (tertiary/aromatic N) is 4. The van der Waals surface area contributed by atoms with Gasteiger partial charge in [-0.1, -0.05) is 6.07 Å². The van der Waals surface area contributed by atoms with Gasteiger partial charge in [-0.25, -0.2) is 9.67 Å². The number of benzene rings is 1. The predicted octanol–water partition coefficient (Wildman–Crippen LogP) is 3.81. The van der Waals surface area contributed by atoms with Crippen molar-refractivity contribution in [2.45, 2.75) is 13.1 Å². The number of hydrogen-bond acceptors (Lipinski definition) is 5. The topological polar surface area (TPSA) is 92.8 Å². The molecule has 0 fully saturated rings. The van der Waals surface area contributed by atoms with Crippen LogP contribution in [0.3, 0.4) is 0 Å². The lowest BCUT2D eigenvalue weighted by molar-refractivity contribution is -0.142. The van der Waals surface area contributed by atoms with Crippen LogP contribution < -0.4 is 10.1 Å². The largest absolute Gasteiger partial charge is 0.477 e. The van der Waals surface area contributed by atoms with Gasteiger partial charge < -0.3 is 10.1 Å². The summed E-state index contributed by atoms with van der Waals surface area (Å²) in [5.41, 5.74) is -0.166. The molecule has 0 radical (unpaired) electrons. The van der Waals surface area contributed by atoms with Crippen molar-refractivity contribution in [3.05, 3.63) is 65.5 Å². The highest BCUT2D eigenvalue weighted by Gasteiger charge is 2.37. The summed E-state index contributed by atoms with van der Waals surface area (Å²) in [5, 5.41) is 15.3. The second-order valence-corrected chi connectivity index (χ2v) is 5.76. The minimum atomic E-state index is -4.65. The van der Waals surface area contributed by atoms with E-state index in [1.807, 2.05) is 6.07 Å². The Hall–Kier alpha value is -3.87. The summed E-state index contributed by atoms with van der Waals surface area (Å²) in [7, 11) is 0. The number of nitrogens with one attached hydrogen (secondary N) is 1. The summed E-state index contributed by atoms with van der Waals surface area (Å²) in [4.78, 5) is 16.2. The van der Waals surface area contributed by atoms with Crippen LogP contribution in [-0.2, 0) is 6.18 Å². The molecular formula is C19H14F3N5O2. The average molecular weight is 401 g/mol. The van der Waals surface area contributed by atoms with Crippen LogP contribution in [-0.4, -0.2) is 27.3 Å². The van der Waals surface area contributed by atoms with Gasteiger partial charge >= 0.3 is 6.18 Å². The van der Waals surface area contributed by atoms with Gasteiger partial charge in [0.05, 0.1) is 30.1 Å². The van der Waals surface area contributed by atoms with Crippen molar-refractivity contribution < 1.29 is 22.7 Å². The van der Waals surface area contributed by atoms with E-state index >= 15 is 0 Å². The fourth-order valence-electron chi connectivity index (χ4n) is 2.47. The molecule has 1 N–H and O–H groups in total. The number of aromatic nitrogens is 3. The number of carbonyl (C=O) groups excluding carboxylic acids is 1. The lowest BCUT2D eigenvalue weighted by Gasteiger charge is -2.10. The summed E-state index contributed by atoms with van der Waals surface area (Å²) in [6.07, 6.45) is -3.44. The Kier molecular flexibility index (Phi) is 5.50. The van der Waals surface area contributed by atoms with Gasteiger partial charge in [-0.3, -0.25) is 4.79 Å². The number of amides is 1. The van der Waals surface area contributed by atoms with E-state index in [4.69, 9.17) is 10.00 Å². The SMILES string of the molecule is CCOc1cc(C(F)(F)F)n(-c2ccc(NC(=O)c3cccc(C#N)c3)cn2)n1. The molecule has 7 nitrogen and oxygen atoms in total. The van der Waals surface area contributed by atoms with Crippen LogP contribution in [0.4, 0.5) is 18.9 Å². The third-order valence-corrected chi connectivity index (χ3v) is 3.75. The van der Waals surface area contributed by atoms with Gasteiger partial charge in [0, 0.05) is 11.6 Å². The normalized spacial score (nSPS) is 11.0. The number of carbonyl (C=O) groups is 1. The van der Waals surface area contributed by atoms with Gasteiger partial charge in [-0.2, -0.15) is 18.4 Å². The molecule has 0 saturated heterocycles. The molecule has 0 atom stereocenters. The average Bonchev–Trinajstić information content (AvgIpc) is 3.13. The fraction of sp³-hybridized carbons (Fsp3) is 0.158. The predicted molar refractivity (Wildman–Crippen MR) is 96.6 cm³/mol. The summed E-state index contributed by atoms with van der Waals surface area (Å²) >= 11 is 0. The number of pyridine rings is 1. The minimum absolute atomic E-state index is 0.0900. The lowest BCUT2D eigenvalue weighted by Crippen LogP contribution is -2.15. The highest BCUT2D eigenvalue weighted by atomic mass is 19.4. The van der Waals surface area contributed by atoms with Crippen molar-refractivity contribution in [3.63, 3.8) is 0 Å². The van der Waals surface area contributed by atoms with Crippen molar-refractivity contribution >= 4 is 11.6 Å². The van der Waals surface area contributed by atoms with E-state index in [9.17, 15) is 18.0 Å². The van der Waals surface area contributed by atoms with Gasteiger partial charge in [0.2, 0.25) is 5.88 Å². The van der Waals surface area contributed by atoms with E-state index in [1.165, 1.54) is 30.5 Å². The molecule has 2 aromatic heterocycles. The maximum atomic E-state index is 13.3. The third-order valence-electron chi connectivity index (χ3n) is 3.75. The Labute approximate surface area is 163 Å². The number of ether oxygens (including phenoxy) is 1. The van der Waals surface area contributed by atoms with Crippen LogP contribution in [0.1, 0.15) is 28.5 Å². The molecule has 0 aliphatic rings. The van der Waals surface area contributed by atoms with Gasteiger partial charge in [-0.15, -0.1) is 5.10 Å². The molecule has 1 amide bonds. The van der Waals surface area contributed by atoms with Crippen LogP contribution in [0.25, 0.3) is 5.82 Å². The molecule has 29 heavy (non-hydrogen) atoms. The van der Waals surface area contributed by atoms with Gasteiger partial charge in [0.1, 0.15) is 0 Å². The Bertz CT molecular complexity index is 1070. The number of nitriles is 1. The zero-order chi connectivity index (χ0) is 21.0. The second kappa shape index (κ2) is 8.02. The van der Waals surface area contributed by atoms with Crippen LogP contribution in [0, 0.1) is 11.3 Å². The summed E-state index contributed by atoms with van der Waals surface area (Å²) in [6, 6.07) is 11.5. The molecule has 0 unspecified atom stereocenters. The number of alkyl halides is 3. The van der Waals surface area contributed by atoms with Gasteiger partial charge in [0.25, 0.3) is 5.91 Å². The fourth-order valence-corrected chi connectivity index (χ4v) is 2.47. The van der Waals surface area contributed by atoms with Crippen molar-refractivity contribution in [1.29, 1.82) is 5.26 Å². The Morgan fingerprint density at radius 3 is 2.69 bits per heavy atom. The molecule has 0 spiro atoms. The second-order valence-electron chi connectivity index (χ2n) is 5.76. The van der Waals surface area contributed by atoms with Gasteiger partial charge in [0.15, 0.2) is 11.5 Å². The van der Waals surface area contributed by atoms with Crippen molar-refractivity contribution in [1.82, 2.24) is 14.8 Å². The molecule has 0 aliphatic heterocycles. The molecular weight excluding hydrogens is 387 g/mol. The highest BCUT2D eigenvalue weighted by molar-refractivity contribution is 6.04. The van der Waals surface area contributed by atoms with E-state index in [1.54, 1.807) is 19.1 Å². The van der Waals surface area contributed by atoms with E-state index < -0.39 is 17.8 Å². The van der Waals surface area contributed by atoms with E-state index in [-0.39, 0.29) is 29.6 Å². The monoisotopic (exact) mass is 401 g/mol. The van der Waals surface area contributed by atoms with Gasteiger partial charge in [-0.05, 0) is 37.3 Å². The number of anilines is 1. The first kappa shape index (κ1) is 19.9. The van der Waals surface area contributed by atoms with E-state index in [2.05, 4.69) is 15.4 Å². The molecule has 2 heterocycles. The highest BCUT2D eigenvalue weighted by Crippen LogP contribution is 2.33. The minimum Gasteiger partial charge on any atom is -0.477 e. The van der Waals surface area contributed by atoms with E-state index in [0.717, 1.165) is 6.07 Å². The standard InChI is InChI=1S/C19H14F3N5O2/c1-2-29-17-9-15(19(20,21)22)27(26-17)16-7-6-14(11-24-16)25-18(28)13-5-3-4-12(8-13)10-23/h3-9,11H,2H2,1H3,(H,25,28). The molecule has 0 saturated carbocycles. The molecule has 3 rings (SSSR count). The van der Waals surface area contributed by atoms with Crippen LogP contribution >= 0.6 is 0 Å². The Morgan fingerprint density at radius 2 is 2.07 bits per heavy atom. The first-order valence-corrected chi connectivity index (χ1v) is 8.40. The van der Waals surface area contributed by atoms with Crippen molar-refractivity contribution in [3.8, 4) is 17.8 Å². The van der Waals surface area contributed by atoms with Crippen molar-refractivity contribution in [2.24, 2.45) is 0 Å². The summed E-state index contributed by atoms with van der Waals surface area (Å²) < 4.78 is 45.5. The first-order valence-electron chi connectivity index (χ1n) is 8.40. The Balaban J connectivity index is 1.83. The number of rotatable bonds is 5. The Morgan fingerprint density at radius 1 is 1.28 bits per heavy atom. The maximum Gasteiger partial charge on any atom is 0.433 e. The summed E-state index contributed by atoms with van der Waals surface area (Å²) in [5.74, 6) is -0.741. The molecule has 1 aromatic carbocycles. The third kappa shape index (κ3) is 4.52. The maximum absolute atomic E-state index is 13.3. The first-order chi connectivity index (χ1) is 13.8. The van der Waals surface area contributed by atoms with Crippen LogP contribution in [0.5, 0.6) is 5.88 Å². The zero-order valence-electron chi connectivity index (χ0n) is 15.1. The van der Waals surface area contributed by atoms with E-state index in [0.29, 0.717) is 10.2 Å². The molecule has 0 aliphatic carbocycles. The molecule has 148 valence electrons. The zero-order valence-corrected chi connectivity index (χ0v) is 15.1. The lowest BCUT2D eigenvalue weighted by atomic mass is 10.1. The summed E-state index contributed by atoms with van der Waals surface area (Å²) in [6.45, 7) is 1.80. The molecule has 0 bridgehead atoms. The number of hydrogen-bond donors (Lipinski definition) is 1. The van der Waals surface area contributed by atoms with Crippen LogP contribution in [0.15, 0.2) is 48.7 Å². The smallest absolute Gasteiger partial charge is 0.433 e.